The van der Waals surface area contributed by atoms with Crippen molar-refractivity contribution >= 4 is 29.9 Å². The highest BCUT2D eigenvalue weighted by molar-refractivity contribution is 14.0. The molecule has 0 amide bonds. The molecule has 0 aliphatic rings. The predicted molar refractivity (Wildman–Crippen MR) is 122 cm³/mol. The molecule has 0 aliphatic carbocycles. The van der Waals surface area contributed by atoms with Crippen LogP contribution in [0.1, 0.15) is 30.5 Å². The smallest absolute Gasteiger partial charge is 0.191 e. The molecule has 0 fully saturated rings. The van der Waals surface area contributed by atoms with Crippen LogP contribution in [0.15, 0.2) is 47.5 Å². The van der Waals surface area contributed by atoms with Crippen molar-refractivity contribution in [2.75, 3.05) is 14.1 Å². The van der Waals surface area contributed by atoms with Crippen molar-refractivity contribution in [3.8, 4) is 0 Å². The van der Waals surface area contributed by atoms with E-state index in [9.17, 15) is 8.78 Å². The first-order valence-electron chi connectivity index (χ1n) is 9.06. The molecule has 0 saturated carbocycles. The molecule has 4 nitrogen and oxygen atoms in total. The fourth-order valence-corrected chi connectivity index (χ4v) is 2.59. The molecule has 0 saturated heterocycles. The van der Waals surface area contributed by atoms with Crippen molar-refractivity contribution < 1.29 is 8.78 Å². The van der Waals surface area contributed by atoms with Crippen LogP contribution in [0.4, 0.5) is 8.78 Å². The molecule has 0 spiro atoms. The van der Waals surface area contributed by atoms with Crippen LogP contribution < -0.4 is 10.6 Å². The summed E-state index contributed by atoms with van der Waals surface area (Å²) in [6.45, 7) is 5.93. The summed E-state index contributed by atoms with van der Waals surface area (Å²) in [5, 5.41) is 6.26. The molecule has 0 aliphatic heterocycles. The van der Waals surface area contributed by atoms with E-state index in [1.54, 1.807) is 7.05 Å². The average Bonchev–Trinajstić information content (AvgIpc) is 2.65. The van der Waals surface area contributed by atoms with Crippen LogP contribution in [0, 0.1) is 11.6 Å². The molecule has 28 heavy (non-hydrogen) atoms. The van der Waals surface area contributed by atoms with Gasteiger partial charge in [-0.3, -0.25) is 9.89 Å². The Hall–Kier alpha value is -1.74. The summed E-state index contributed by atoms with van der Waals surface area (Å²) in [5.41, 5.74) is 2.68. The first-order chi connectivity index (χ1) is 12.9. The van der Waals surface area contributed by atoms with E-state index < -0.39 is 11.6 Å². The Morgan fingerprint density at radius 2 is 1.61 bits per heavy atom. The van der Waals surface area contributed by atoms with Gasteiger partial charge >= 0.3 is 0 Å². The summed E-state index contributed by atoms with van der Waals surface area (Å²) in [5.74, 6) is -0.369. The second-order valence-corrected chi connectivity index (χ2v) is 6.79. The Morgan fingerprint density at radius 3 is 2.21 bits per heavy atom. The van der Waals surface area contributed by atoms with Gasteiger partial charge < -0.3 is 10.6 Å². The van der Waals surface area contributed by atoms with Gasteiger partial charge in [0.15, 0.2) is 5.96 Å². The molecule has 2 rings (SSSR count). The van der Waals surface area contributed by atoms with Crippen LogP contribution in [-0.4, -0.2) is 31.0 Å². The number of guanidine groups is 1. The number of benzene rings is 2. The lowest BCUT2D eigenvalue weighted by Crippen LogP contribution is -2.37. The van der Waals surface area contributed by atoms with E-state index in [4.69, 9.17) is 0 Å². The highest BCUT2D eigenvalue weighted by atomic mass is 127. The maximum atomic E-state index is 13.7. The molecule has 0 heterocycles. The van der Waals surface area contributed by atoms with Gasteiger partial charge in [-0.2, -0.15) is 0 Å². The summed E-state index contributed by atoms with van der Waals surface area (Å²) < 4.78 is 27.0. The third-order valence-electron chi connectivity index (χ3n) is 4.54. The Balaban J connectivity index is 0.00000392. The van der Waals surface area contributed by atoms with Gasteiger partial charge in [-0.15, -0.1) is 24.0 Å². The molecule has 0 atom stereocenters. The Kier molecular flexibility index (Phi) is 10.4. The van der Waals surface area contributed by atoms with E-state index in [1.807, 2.05) is 12.1 Å². The number of hydrogen-bond acceptors (Lipinski definition) is 2. The lowest BCUT2D eigenvalue weighted by molar-refractivity contribution is 0.265. The van der Waals surface area contributed by atoms with E-state index in [0.29, 0.717) is 18.5 Å². The minimum Gasteiger partial charge on any atom is -0.352 e. The Morgan fingerprint density at radius 1 is 1.00 bits per heavy atom. The van der Waals surface area contributed by atoms with Crippen LogP contribution >= 0.6 is 24.0 Å². The van der Waals surface area contributed by atoms with Gasteiger partial charge in [0.2, 0.25) is 0 Å². The zero-order valence-electron chi connectivity index (χ0n) is 16.8. The van der Waals surface area contributed by atoms with Gasteiger partial charge in [-0.25, -0.2) is 8.78 Å². The maximum absolute atomic E-state index is 13.7. The SMILES string of the molecule is CN=C(NCc1cc(F)ccc1F)NCc1ccccc1CN(C)C(C)C.I. The quantitative estimate of drug-likeness (QED) is 0.337. The molecule has 0 bridgehead atoms. The molecule has 7 heteroatoms. The van der Waals surface area contributed by atoms with Crippen LogP contribution in [0.3, 0.4) is 0 Å². The summed E-state index contributed by atoms with van der Waals surface area (Å²) in [6.07, 6.45) is 0. The van der Waals surface area contributed by atoms with Crippen molar-refractivity contribution in [3.05, 3.63) is 70.8 Å². The molecular formula is C21H29F2IN4. The van der Waals surface area contributed by atoms with Crippen molar-refractivity contribution in [2.24, 2.45) is 4.99 Å². The van der Waals surface area contributed by atoms with Gasteiger partial charge in [-0.05, 0) is 50.2 Å². The topological polar surface area (TPSA) is 39.7 Å². The highest BCUT2D eigenvalue weighted by Crippen LogP contribution is 2.13. The number of nitrogens with one attached hydrogen (secondary N) is 2. The van der Waals surface area contributed by atoms with Crippen LogP contribution in [0.2, 0.25) is 0 Å². The molecule has 2 aromatic carbocycles. The molecule has 2 aromatic rings. The fraction of sp³-hybridized carbons (Fsp3) is 0.381. The largest absolute Gasteiger partial charge is 0.352 e. The van der Waals surface area contributed by atoms with E-state index >= 15 is 0 Å². The predicted octanol–water partition coefficient (Wildman–Crippen LogP) is 4.29. The van der Waals surface area contributed by atoms with Crippen LogP contribution in [0.25, 0.3) is 0 Å². The monoisotopic (exact) mass is 502 g/mol. The average molecular weight is 502 g/mol. The number of rotatable bonds is 7. The Bertz CT molecular complexity index is 781. The van der Waals surface area contributed by atoms with E-state index in [2.05, 4.69) is 53.6 Å². The number of hydrogen-bond donors (Lipinski definition) is 2. The zero-order chi connectivity index (χ0) is 19.8. The normalized spacial score (nSPS) is 11.5. The summed E-state index contributed by atoms with van der Waals surface area (Å²) in [7, 11) is 3.75. The minimum absolute atomic E-state index is 0. The summed E-state index contributed by atoms with van der Waals surface area (Å²) in [4.78, 5) is 6.43. The molecular weight excluding hydrogens is 473 g/mol. The van der Waals surface area contributed by atoms with Gasteiger partial charge in [-0.1, -0.05) is 24.3 Å². The van der Waals surface area contributed by atoms with Crippen molar-refractivity contribution in [1.29, 1.82) is 0 Å². The Labute approximate surface area is 183 Å². The summed E-state index contributed by atoms with van der Waals surface area (Å²) >= 11 is 0. The van der Waals surface area contributed by atoms with Crippen molar-refractivity contribution in [3.63, 3.8) is 0 Å². The second kappa shape index (κ2) is 12.0. The van der Waals surface area contributed by atoms with Crippen LogP contribution in [-0.2, 0) is 19.6 Å². The minimum atomic E-state index is -0.459. The van der Waals surface area contributed by atoms with Gasteiger partial charge in [0.1, 0.15) is 11.6 Å². The van der Waals surface area contributed by atoms with Crippen molar-refractivity contribution in [1.82, 2.24) is 15.5 Å². The van der Waals surface area contributed by atoms with Gasteiger partial charge in [0.05, 0.1) is 0 Å². The molecule has 0 aromatic heterocycles. The maximum Gasteiger partial charge on any atom is 0.191 e. The lowest BCUT2D eigenvalue weighted by atomic mass is 10.1. The second-order valence-electron chi connectivity index (χ2n) is 6.79. The number of aliphatic imine (C=N–C) groups is 1. The van der Waals surface area contributed by atoms with Gasteiger partial charge in [0.25, 0.3) is 0 Å². The van der Waals surface area contributed by atoms with E-state index in [0.717, 1.165) is 18.7 Å². The first kappa shape index (κ1) is 24.3. The molecule has 154 valence electrons. The zero-order valence-corrected chi connectivity index (χ0v) is 19.1. The third-order valence-corrected chi connectivity index (χ3v) is 4.54. The molecule has 0 radical (unpaired) electrons. The lowest BCUT2D eigenvalue weighted by Gasteiger charge is -2.23. The van der Waals surface area contributed by atoms with Gasteiger partial charge in [0, 0.05) is 38.3 Å². The molecule has 2 N–H and O–H groups in total. The third kappa shape index (κ3) is 7.35. The number of nitrogens with zero attached hydrogens (tertiary/aromatic N) is 2. The van der Waals surface area contributed by atoms with Crippen LogP contribution in [0.5, 0.6) is 0 Å². The summed E-state index contributed by atoms with van der Waals surface area (Å²) in [6, 6.07) is 12.1. The van der Waals surface area contributed by atoms with Crippen molar-refractivity contribution in [2.45, 2.75) is 39.5 Å². The first-order valence-corrected chi connectivity index (χ1v) is 9.06. The van der Waals surface area contributed by atoms with E-state index in [1.165, 1.54) is 17.2 Å². The molecule has 0 unspecified atom stereocenters. The fourth-order valence-electron chi connectivity index (χ4n) is 2.59. The standard InChI is InChI=1S/C21H28F2N4.HI/c1-15(2)27(4)14-17-8-6-5-7-16(17)12-25-21(24-3)26-13-18-11-19(22)9-10-20(18)23;/h5-11,15H,12-14H2,1-4H3,(H2,24,25,26);1H. The highest BCUT2D eigenvalue weighted by Gasteiger charge is 2.09. The number of halogens is 3. The van der Waals surface area contributed by atoms with E-state index in [-0.39, 0.29) is 36.1 Å².